The van der Waals surface area contributed by atoms with Crippen LogP contribution in [0.15, 0.2) is 23.3 Å². The molecule has 0 bridgehead atoms. The summed E-state index contributed by atoms with van der Waals surface area (Å²) in [5.74, 6) is 1.81. The normalized spacial score (nSPS) is 11.7. The van der Waals surface area contributed by atoms with E-state index in [1.807, 2.05) is 31.3 Å². The Morgan fingerprint density at radius 1 is 1.15 bits per heavy atom. The van der Waals surface area contributed by atoms with Gasteiger partial charge < -0.3 is 15.5 Å². The summed E-state index contributed by atoms with van der Waals surface area (Å²) in [6.07, 6.45) is 2.91. The van der Waals surface area contributed by atoms with Gasteiger partial charge in [-0.05, 0) is 40.2 Å². The Balaban J connectivity index is 0.00000625. The molecule has 6 nitrogen and oxygen atoms in total. The molecule has 7 heteroatoms. The van der Waals surface area contributed by atoms with Crippen LogP contribution in [-0.4, -0.2) is 62.2 Å². The predicted octanol–water partition coefficient (Wildman–Crippen LogP) is 2.94. The summed E-state index contributed by atoms with van der Waals surface area (Å²) in [5.41, 5.74) is 1.15. The highest BCUT2D eigenvalue weighted by Gasteiger charge is 2.12. The number of hydrogen-bond donors (Lipinski definition) is 2. The number of nitrogens with one attached hydrogen (secondary N) is 2. The van der Waals surface area contributed by atoms with Gasteiger partial charge in [-0.3, -0.25) is 9.89 Å². The molecule has 0 saturated heterocycles. The van der Waals surface area contributed by atoms with Crippen LogP contribution in [0.3, 0.4) is 0 Å². The van der Waals surface area contributed by atoms with Crippen molar-refractivity contribution in [1.29, 1.82) is 0 Å². The van der Waals surface area contributed by atoms with Crippen molar-refractivity contribution in [1.82, 2.24) is 20.5 Å². The number of pyridine rings is 1. The van der Waals surface area contributed by atoms with E-state index < -0.39 is 0 Å². The second kappa shape index (κ2) is 13.1. The molecule has 0 radical (unpaired) electrons. The third-order valence-electron chi connectivity index (χ3n) is 4.17. The average Bonchev–Trinajstić information content (AvgIpc) is 2.56. The Kier molecular flexibility index (Phi) is 12.6. The topological polar surface area (TPSA) is 55.8 Å². The molecule has 0 aliphatic rings. The second-order valence-electron chi connectivity index (χ2n) is 7.01. The maximum absolute atomic E-state index is 4.43. The van der Waals surface area contributed by atoms with Crippen molar-refractivity contribution in [3.63, 3.8) is 0 Å². The number of hydrogen-bond acceptors (Lipinski definition) is 4. The van der Waals surface area contributed by atoms with Gasteiger partial charge in [-0.1, -0.05) is 6.07 Å². The fourth-order valence-corrected chi connectivity index (χ4v) is 2.95. The third kappa shape index (κ3) is 8.53. The van der Waals surface area contributed by atoms with Gasteiger partial charge >= 0.3 is 0 Å². The van der Waals surface area contributed by atoms with E-state index in [0.717, 1.165) is 36.9 Å². The minimum atomic E-state index is 0. The monoisotopic (exact) mass is 476 g/mol. The van der Waals surface area contributed by atoms with Crippen LogP contribution in [0.5, 0.6) is 0 Å². The zero-order chi connectivity index (χ0) is 18.8. The second-order valence-corrected chi connectivity index (χ2v) is 7.01. The zero-order valence-electron chi connectivity index (χ0n) is 17.4. The van der Waals surface area contributed by atoms with Crippen LogP contribution >= 0.6 is 24.0 Å². The third-order valence-corrected chi connectivity index (χ3v) is 4.17. The number of aromatic nitrogens is 1. The Labute approximate surface area is 176 Å². The Morgan fingerprint density at radius 2 is 1.81 bits per heavy atom. The Hall–Kier alpha value is -1.09. The number of anilines is 1. The quantitative estimate of drug-likeness (QED) is 0.249. The van der Waals surface area contributed by atoms with E-state index in [0.29, 0.717) is 18.6 Å². The summed E-state index contributed by atoms with van der Waals surface area (Å²) in [6, 6.07) is 5.21. The lowest BCUT2D eigenvalue weighted by Gasteiger charge is -2.30. The van der Waals surface area contributed by atoms with Crippen molar-refractivity contribution in [2.75, 3.05) is 39.1 Å². The van der Waals surface area contributed by atoms with E-state index in [1.54, 1.807) is 7.05 Å². The summed E-state index contributed by atoms with van der Waals surface area (Å²) in [7, 11) is 5.82. The van der Waals surface area contributed by atoms with Crippen LogP contribution in [-0.2, 0) is 6.54 Å². The molecule has 0 atom stereocenters. The van der Waals surface area contributed by atoms with Gasteiger partial charge in [0.1, 0.15) is 5.82 Å². The van der Waals surface area contributed by atoms with Gasteiger partial charge in [0.25, 0.3) is 0 Å². The van der Waals surface area contributed by atoms with Crippen molar-refractivity contribution >= 4 is 35.8 Å². The predicted molar refractivity (Wildman–Crippen MR) is 124 cm³/mol. The smallest absolute Gasteiger partial charge is 0.191 e. The molecular formula is C19H37IN6. The number of halogens is 1. The van der Waals surface area contributed by atoms with E-state index in [4.69, 9.17) is 0 Å². The SMILES string of the molecule is CN=C(NCCCN(C(C)C)C(C)C)NCc1cccnc1N(C)C.I. The van der Waals surface area contributed by atoms with Crippen LogP contribution in [0.4, 0.5) is 5.82 Å². The maximum Gasteiger partial charge on any atom is 0.191 e. The molecule has 0 aliphatic carbocycles. The first-order chi connectivity index (χ1) is 11.9. The van der Waals surface area contributed by atoms with Crippen molar-refractivity contribution in [3.05, 3.63) is 23.9 Å². The van der Waals surface area contributed by atoms with Gasteiger partial charge in [0.05, 0.1) is 0 Å². The van der Waals surface area contributed by atoms with Crippen LogP contribution in [0.2, 0.25) is 0 Å². The van der Waals surface area contributed by atoms with Gasteiger partial charge in [-0.15, -0.1) is 24.0 Å². The summed E-state index contributed by atoms with van der Waals surface area (Å²) in [6.45, 7) is 11.7. The zero-order valence-corrected chi connectivity index (χ0v) is 19.7. The minimum Gasteiger partial charge on any atom is -0.362 e. The van der Waals surface area contributed by atoms with Crippen LogP contribution < -0.4 is 15.5 Å². The highest BCUT2D eigenvalue weighted by Crippen LogP contribution is 2.13. The number of guanidine groups is 1. The lowest BCUT2D eigenvalue weighted by atomic mass is 10.2. The van der Waals surface area contributed by atoms with Crippen molar-refractivity contribution in [2.45, 2.75) is 52.7 Å². The molecule has 1 rings (SSSR count). The lowest BCUT2D eigenvalue weighted by Crippen LogP contribution is -2.41. The van der Waals surface area contributed by atoms with Crippen LogP contribution in [0.1, 0.15) is 39.7 Å². The summed E-state index contributed by atoms with van der Waals surface area (Å²) >= 11 is 0. The van der Waals surface area contributed by atoms with Crippen molar-refractivity contribution in [3.8, 4) is 0 Å². The molecule has 1 aromatic rings. The van der Waals surface area contributed by atoms with Gasteiger partial charge in [-0.2, -0.15) is 0 Å². The van der Waals surface area contributed by atoms with Gasteiger partial charge in [0.2, 0.25) is 0 Å². The van der Waals surface area contributed by atoms with E-state index in [9.17, 15) is 0 Å². The van der Waals surface area contributed by atoms with Gasteiger partial charge in [-0.25, -0.2) is 4.98 Å². The fourth-order valence-electron chi connectivity index (χ4n) is 2.95. The first-order valence-electron chi connectivity index (χ1n) is 9.18. The van der Waals surface area contributed by atoms with Crippen molar-refractivity contribution < 1.29 is 0 Å². The summed E-state index contributed by atoms with van der Waals surface area (Å²) < 4.78 is 0. The van der Waals surface area contributed by atoms with E-state index in [-0.39, 0.29) is 24.0 Å². The molecule has 26 heavy (non-hydrogen) atoms. The van der Waals surface area contributed by atoms with E-state index in [2.05, 4.69) is 59.3 Å². The molecule has 0 unspecified atom stereocenters. The molecule has 150 valence electrons. The summed E-state index contributed by atoms with van der Waals surface area (Å²) in [4.78, 5) is 13.3. The summed E-state index contributed by atoms with van der Waals surface area (Å²) in [5, 5.41) is 6.77. The number of aliphatic imine (C=N–C) groups is 1. The standard InChI is InChI=1S/C19H36N6.HI/c1-15(2)25(16(3)4)13-9-12-22-19(20-5)23-14-17-10-8-11-21-18(17)24(6)7;/h8,10-11,15-16H,9,12-14H2,1-7H3,(H2,20,22,23);1H. The Morgan fingerprint density at radius 3 is 2.35 bits per heavy atom. The number of rotatable bonds is 9. The first-order valence-corrected chi connectivity index (χ1v) is 9.18. The molecule has 0 aromatic carbocycles. The Bertz CT molecular complexity index is 523. The van der Waals surface area contributed by atoms with Crippen molar-refractivity contribution in [2.24, 2.45) is 4.99 Å². The molecule has 0 spiro atoms. The van der Waals surface area contributed by atoms with E-state index >= 15 is 0 Å². The molecule has 1 heterocycles. The highest BCUT2D eigenvalue weighted by atomic mass is 127. The van der Waals surface area contributed by atoms with Crippen LogP contribution in [0, 0.1) is 0 Å². The average molecular weight is 476 g/mol. The largest absolute Gasteiger partial charge is 0.362 e. The minimum absolute atomic E-state index is 0. The molecule has 1 aromatic heterocycles. The van der Waals surface area contributed by atoms with Gasteiger partial charge in [0, 0.05) is 64.6 Å². The highest BCUT2D eigenvalue weighted by molar-refractivity contribution is 14.0. The molecule has 0 fully saturated rings. The lowest BCUT2D eigenvalue weighted by molar-refractivity contribution is 0.173. The fraction of sp³-hybridized carbons (Fsp3) is 0.684. The number of nitrogens with zero attached hydrogens (tertiary/aromatic N) is 4. The van der Waals surface area contributed by atoms with Gasteiger partial charge in [0.15, 0.2) is 5.96 Å². The first kappa shape index (κ1) is 24.9. The van der Waals surface area contributed by atoms with Crippen LogP contribution in [0.25, 0.3) is 0 Å². The molecule has 0 saturated carbocycles. The molecule has 0 aliphatic heterocycles. The molecular weight excluding hydrogens is 439 g/mol. The maximum atomic E-state index is 4.43. The molecule has 0 amide bonds. The van der Waals surface area contributed by atoms with E-state index in [1.165, 1.54) is 0 Å². The molecule has 2 N–H and O–H groups in total.